The lowest BCUT2D eigenvalue weighted by molar-refractivity contribution is 0.186. The Morgan fingerprint density at radius 2 is 1.93 bits per heavy atom. The van der Waals surface area contributed by atoms with Crippen LogP contribution in [0, 0.1) is 5.92 Å². The minimum atomic E-state index is 0.158. The van der Waals surface area contributed by atoms with Crippen molar-refractivity contribution < 1.29 is 4.79 Å². The van der Waals surface area contributed by atoms with Crippen LogP contribution in [0.1, 0.15) is 38.5 Å². The Balaban J connectivity index is 1.60. The predicted molar refractivity (Wildman–Crippen MR) is 56.2 cm³/mol. The standard InChI is InChI=1S/C11H20N2O/c14-11(12-7-6-10-4-5-10)13-8-2-1-3-9-13/h10H,1-9H2,(H,12,14). The topological polar surface area (TPSA) is 32.3 Å². The van der Waals surface area contributed by atoms with Crippen LogP contribution in [0.4, 0.5) is 4.79 Å². The predicted octanol–water partition coefficient (Wildman–Crippen LogP) is 1.98. The first-order valence-electron chi connectivity index (χ1n) is 5.89. The molecule has 0 aromatic carbocycles. The van der Waals surface area contributed by atoms with Gasteiger partial charge in [0.2, 0.25) is 0 Å². The van der Waals surface area contributed by atoms with E-state index in [0.29, 0.717) is 0 Å². The van der Waals surface area contributed by atoms with Crippen molar-refractivity contribution in [1.82, 2.24) is 10.2 Å². The maximum atomic E-state index is 11.6. The fourth-order valence-electron chi connectivity index (χ4n) is 2.00. The summed E-state index contributed by atoms with van der Waals surface area (Å²) < 4.78 is 0. The van der Waals surface area contributed by atoms with Crippen LogP contribution in [0.3, 0.4) is 0 Å². The highest BCUT2D eigenvalue weighted by atomic mass is 16.2. The summed E-state index contributed by atoms with van der Waals surface area (Å²) in [6.45, 7) is 2.78. The molecule has 3 heteroatoms. The van der Waals surface area contributed by atoms with Gasteiger partial charge in [-0.25, -0.2) is 4.79 Å². The third-order valence-corrected chi connectivity index (χ3v) is 3.17. The molecule has 0 aromatic heterocycles. The normalized spacial score (nSPS) is 22.1. The molecule has 1 N–H and O–H groups in total. The highest BCUT2D eigenvalue weighted by Crippen LogP contribution is 2.31. The van der Waals surface area contributed by atoms with E-state index >= 15 is 0 Å². The molecule has 1 saturated heterocycles. The van der Waals surface area contributed by atoms with Gasteiger partial charge in [-0.2, -0.15) is 0 Å². The van der Waals surface area contributed by atoms with Crippen molar-refractivity contribution in [3.63, 3.8) is 0 Å². The van der Waals surface area contributed by atoms with E-state index in [4.69, 9.17) is 0 Å². The van der Waals surface area contributed by atoms with Crippen LogP contribution < -0.4 is 5.32 Å². The summed E-state index contributed by atoms with van der Waals surface area (Å²) in [6.07, 6.45) is 7.57. The lowest BCUT2D eigenvalue weighted by Gasteiger charge is -2.26. The summed E-state index contributed by atoms with van der Waals surface area (Å²) in [7, 11) is 0. The van der Waals surface area contributed by atoms with E-state index in [1.54, 1.807) is 0 Å². The average molecular weight is 196 g/mol. The van der Waals surface area contributed by atoms with E-state index in [0.717, 1.165) is 25.6 Å². The molecule has 14 heavy (non-hydrogen) atoms. The molecule has 0 bridgehead atoms. The average Bonchev–Trinajstić information content (AvgIpc) is 3.03. The Kier molecular flexibility index (Phi) is 3.27. The van der Waals surface area contributed by atoms with Gasteiger partial charge in [-0.3, -0.25) is 0 Å². The molecule has 2 rings (SSSR count). The smallest absolute Gasteiger partial charge is 0.317 e. The van der Waals surface area contributed by atoms with Gasteiger partial charge in [0.25, 0.3) is 0 Å². The largest absolute Gasteiger partial charge is 0.338 e. The molecule has 1 aliphatic heterocycles. The van der Waals surface area contributed by atoms with Gasteiger partial charge in [0.1, 0.15) is 0 Å². The zero-order valence-corrected chi connectivity index (χ0v) is 8.80. The number of amides is 2. The van der Waals surface area contributed by atoms with Gasteiger partial charge < -0.3 is 10.2 Å². The molecule has 1 saturated carbocycles. The molecule has 80 valence electrons. The number of nitrogens with zero attached hydrogens (tertiary/aromatic N) is 1. The first-order chi connectivity index (χ1) is 6.86. The second-order valence-electron chi connectivity index (χ2n) is 4.51. The van der Waals surface area contributed by atoms with Gasteiger partial charge in [-0.15, -0.1) is 0 Å². The number of likely N-dealkylation sites (tertiary alicyclic amines) is 1. The van der Waals surface area contributed by atoms with Crippen LogP contribution >= 0.6 is 0 Å². The number of carbonyl (C=O) groups is 1. The van der Waals surface area contributed by atoms with Gasteiger partial charge in [-0.1, -0.05) is 12.8 Å². The van der Waals surface area contributed by atoms with Gasteiger partial charge in [-0.05, 0) is 31.6 Å². The van der Waals surface area contributed by atoms with Crippen LogP contribution in [0.25, 0.3) is 0 Å². The molecule has 0 aromatic rings. The Morgan fingerprint density at radius 3 is 2.57 bits per heavy atom. The first kappa shape index (κ1) is 9.81. The quantitative estimate of drug-likeness (QED) is 0.735. The van der Waals surface area contributed by atoms with Gasteiger partial charge in [0.15, 0.2) is 0 Å². The van der Waals surface area contributed by atoms with E-state index in [9.17, 15) is 4.79 Å². The summed E-state index contributed by atoms with van der Waals surface area (Å²) in [5.41, 5.74) is 0. The van der Waals surface area contributed by atoms with Crippen LogP contribution in [0.5, 0.6) is 0 Å². The molecule has 1 heterocycles. The minimum absolute atomic E-state index is 0.158. The molecular formula is C11H20N2O. The van der Waals surface area contributed by atoms with E-state index < -0.39 is 0 Å². The molecule has 2 aliphatic rings. The zero-order valence-electron chi connectivity index (χ0n) is 8.80. The second kappa shape index (κ2) is 4.67. The van der Waals surface area contributed by atoms with Crippen molar-refractivity contribution in [1.29, 1.82) is 0 Å². The van der Waals surface area contributed by atoms with E-state index in [1.807, 2.05) is 4.90 Å². The molecular weight excluding hydrogens is 176 g/mol. The van der Waals surface area contributed by atoms with E-state index in [1.165, 1.54) is 38.5 Å². The van der Waals surface area contributed by atoms with Crippen molar-refractivity contribution in [3.8, 4) is 0 Å². The van der Waals surface area contributed by atoms with Crippen molar-refractivity contribution in [2.45, 2.75) is 38.5 Å². The molecule has 0 unspecified atom stereocenters. The molecule has 0 atom stereocenters. The van der Waals surface area contributed by atoms with Gasteiger partial charge in [0.05, 0.1) is 0 Å². The fraction of sp³-hybridized carbons (Fsp3) is 0.909. The maximum Gasteiger partial charge on any atom is 0.317 e. The Morgan fingerprint density at radius 1 is 1.21 bits per heavy atom. The third-order valence-electron chi connectivity index (χ3n) is 3.17. The third kappa shape index (κ3) is 2.89. The maximum absolute atomic E-state index is 11.6. The van der Waals surface area contributed by atoms with Gasteiger partial charge >= 0.3 is 6.03 Å². The number of hydrogen-bond donors (Lipinski definition) is 1. The molecule has 1 aliphatic carbocycles. The van der Waals surface area contributed by atoms with Crippen molar-refractivity contribution in [3.05, 3.63) is 0 Å². The summed E-state index contributed by atoms with van der Waals surface area (Å²) in [4.78, 5) is 13.6. The Hall–Kier alpha value is -0.730. The molecule has 3 nitrogen and oxygen atoms in total. The minimum Gasteiger partial charge on any atom is -0.338 e. The van der Waals surface area contributed by atoms with E-state index in [-0.39, 0.29) is 6.03 Å². The van der Waals surface area contributed by atoms with Crippen LogP contribution in [0.15, 0.2) is 0 Å². The number of nitrogens with one attached hydrogen (secondary N) is 1. The lowest BCUT2D eigenvalue weighted by Crippen LogP contribution is -2.43. The number of urea groups is 1. The summed E-state index contributed by atoms with van der Waals surface area (Å²) >= 11 is 0. The molecule has 0 spiro atoms. The Labute approximate surface area is 85.8 Å². The fourth-order valence-corrected chi connectivity index (χ4v) is 2.00. The summed E-state index contributed by atoms with van der Waals surface area (Å²) in [5, 5.41) is 3.01. The van der Waals surface area contributed by atoms with Crippen LogP contribution in [-0.2, 0) is 0 Å². The number of piperidine rings is 1. The SMILES string of the molecule is O=C(NCCC1CC1)N1CCCCC1. The van der Waals surface area contributed by atoms with Crippen LogP contribution in [0.2, 0.25) is 0 Å². The zero-order chi connectivity index (χ0) is 9.80. The number of rotatable bonds is 3. The summed E-state index contributed by atoms with van der Waals surface area (Å²) in [6, 6.07) is 0.158. The van der Waals surface area contributed by atoms with Crippen LogP contribution in [-0.4, -0.2) is 30.6 Å². The highest BCUT2D eigenvalue weighted by molar-refractivity contribution is 5.74. The number of carbonyl (C=O) groups excluding carboxylic acids is 1. The molecule has 0 radical (unpaired) electrons. The first-order valence-corrected chi connectivity index (χ1v) is 5.89. The summed E-state index contributed by atoms with van der Waals surface area (Å²) in [5.74, 6) is 0.914. The van der Waals surface area contributed by atoms with Crippen molar-refractivity contribution in [2.75, 3.05) is 19.6 Å². The van der Waals surface area contributed by atoms with Crippen molar-refractivity contribution >= 4 is 6.03 Å². The Bertz CT molecular complexity index is 195. The van der Waals surface area contributed by atoms with Crippen molar-refractivity contribution in [2.24, 2.45) is 5.92 Å². The second-order valence-corrected chi connectivity index (χ2v) is 4.51. The number of hydrogen-bond acceptors (Lipinski definition) is 1. The molecule has 2 fully saturated rings. The van der Waals surface area contributed by atoms with Gasteiger partial charge in [0, 0.05) is 19.6 Å². The molecule has 2 amide bonds. The monoisotopic (exact) mass is 196 g/mol. The highest BCUT2D eigenvalue weighted by Gasteiger charge is 2.21. The lowest BCUT2D eigenvalue weighted by atomic mass is 10.1. The van der Waals surface area contributed by atoms with E-state index in [2.05, 4.69) is 5.32 Å².